The summed E-state index contributed by atoms with van der Waals surface area (Å²) in [5.74, 6) is 0.697. The highest BCUT2D eigenvalue weighted by Gasteiger charge is 2.25. The summed E-state index contributed by atoms with van der Waals surface area (Å²) in [6, 6.07) is 2.35. The van der Waals surface area contributed by atoms with Crippen LogP contribution in [0.25, 0.3) is 0 Å². The van der Waals surface area contributed by atoms with Crippen LogP contribution in [0.15, 0.2) is 16.7 Å². The van der Waals surface area contributed by atoms with Gasteiger partial charge in [-0.25, -0.2) is 0 Å². The highest BCUT2D eigenvalue weighted by Crippen LogP contribution is 2.36. The zero-order valence-electron chi connectivity index (χ0n) is 9.84. The molecule has 90 valence electrons. The summed E-state index contributed by atoms with van der Waals surface area (Å²) in [5, 5.41) is 3.94. The van der Waals surface area contributed by atoms with Crippen LogP contribution in [-0.4, -0.2) is 7.05 Å². The predicted molar refractivity (Wildman–Crippen MR) is 66.7 cm³/mol. The van der Waals surface area contributed by atoms with Gasteiger partial charge in [-0.3, -0.25) is 0 Å². The lowest BCUT2D eigenvalue weighted by molar-refractivity contribution is 0.340. The maximum absolute atomic E-state index is 6.07. The molecule has 1 fully saturated rings. The number of furan rings is 1. The third kappa shape index (κ3) is 2.61. The topological polar surface area (TPSA) is 25.2 Å². The highest BCUT2D eigenvalue weighted by molar-refractivity contribution is 6.29. The van der Waals surface area contributed by atoms with E-state index in [0.717, 1.165) is 5.56 Å². The molecule has 2 nitrogen and oxygen atoms in total. The molecule has 1 aromatic heterocycles. The van der Waals surface area contributed by atoms with Crippen LogP contribution >= 0.6 is 11.6 Å². The van der Waals surface area contributed by atoms with Gasteiger partial charge >= 0.3 is 0 Å². The number of hydrogen-bond donors (Lipinski definition) is 1. The Morgan fingerprint density at radius 3 is 2.50 bits per heavy atom. The van der Waals surface area contributed by atoms with Gasteiger partial charge in [-0.2, -0.15) is 0 Å². The molecule has 1 saturated carbocycles. The van der Waals surface area contributed by atoms with Gasteiger partial charge in [0.25, 0.3) is 0 Å². The van der Waals surface area contributed by atoms with Crippen LogP contribution in [0.4, 0.5) is 0 Å². The Hall–Kier alpha value is -0.470. The molecule has 1 aliphatic rings. The first-order chi connectivity index (χ1) is 7.83. The van der Waals surface area contributed by atoms with Gasteiger partial charge in [-0.15, -0.1) is 0 Å². The van der Waals surface area contributed by atoms with E-state index in [2.05, 4.69) is 5.32 Å². The Morgan fingerprint density at radius 2 is 2.00 bits per heavy atom. The van der Waals surface area contributed by atoms with Crippen molar-refractivity contribution in [2.45, 2.75) is 44.6 Å². The molecule has 1 heterocycles. The summed E-state index contributed by atoms with van der Waals surface area (Å²) in [6.07, 6.45) is 9.73. The Bertz CT molecular complexity index is 315. The number of halogens is 1. The zero-order valence-corrected chi connectivity index (χ0v) is 10.6. The quantitative estimate of drug-likeness (QED) is 0.804. The van der Waals surface area contributed by atoms with E-state index in [9.17, 15) is 0 Å². The second-order valence-electron chi connectivity index (χ2n) is 4.67. The lowest BCUT2D eigenvalue weighted by Gasteiger charge is -2.25. The standard InChI is InChI=1S/C13H20ClNO/c1-15-12(11-8-9-16-13(11)14)10-6-4-2-3-5-7-10/h8-10,12,15H,2-7H2,1H3. The third-order valence-electron chi connectivity index (χ3n) is 3.66. The lowest BCUT2D eigenvalue weighted by atomic mass is 9.88. The van der Waals surface area contributed by atoms with Gasteiger partial charge in [-0.1, -0.05) is 25.7 Å². The fourth-order valence-corrected chi connectivity index (χ4v) is 3.05. The van der Waals surface area contributed by atoms with Crippen LogP contribution in [0.2, 0.25) is 5.22 Å². The minimum Gasteiger partial charge on any atom is -0.453 e. The maximum atomic E-state index is 6.07. The molecule has 1 unspecified atom stereocenters. The van der Waals surface area contributed by atoms with E-state index in [1.54, 1.807) is 6.26 Å². The van der Waals surface area contributed by atoms with E-state index in [1.165, 1.54) is 38.5 Å². The van der Waals surface area contributed by atoms with E-state index >= 15 is 0 Å². The van der Waals surface area contributed by atoms with Crippen molar-refractivity contribution >= 4 is 11.6 Å². The van der Waals surface area contributed by atoms with Crippen molar-refractivity contribution in [1.29, 1.82) is 0 Å². The van der Waals surface area contributed by atoms with Gasteiger partial charge in [-0.05, 0) is 43.5 Å². The predicted octanol–water partition coefficient (Wildman–Crippen LogP) is 4.16. The van der Waals surface area contributed by atoms with Crippen molar-refractivity contribution in [3.8, 4) is 0 Å². The Labute approximate surface area is 102 Å². The molecule has 0 saturated heterocycles. The van der Waals surface area contributed by atoms with E-state index in [4.69, 9.17) is 16.0 Å². The van der Waals surface area contributed by atoms with Crippen LogP contribution in [0.3, 0.4) is 0 Å². The van der Waals surface area contributed by atoms with Crippen molar-refractivity contribution in [2.75, 3.05) is 7.05 Å². The Balaban J connectivity index is 2.12. The molecule has 1 aliphatic carbocycles. The van der Waals surface area contributed by atoms with E-state index < -0.39 is 0 Å². The van der Waals surface area contributed by atoms with E-state index in [1.807, 2.05) is 13.1 Å². The summed E-state index contributed by atoms with van der Waals surface area (Å²) in [6.45, 7) is 0. The average Bonchev–Trinajstić information content (AvgIpc) is 2.57. The molecule has 16 heavy (non-hydrogen) atoms. The molecular formula is C13H20ClNO. The van der Waals surface area contributed by atoms with Crippen LogP contribution in [0.5, 0.6) is 0 Å². The molecule has 1 N–H and O–H groups in total. The summed E-state index contributed by atoms with van der Waals surface area (Å²) >= 11 is 6.07. The van der Waals surface area contributed by atoms with Gasteiger partial charge in [0, 0.05) is 11.6 Å². The Kier molecular flexibility index (Phi) is 4.30. The van der Waals surface area contributed by atoms with Crippen molar-refractivity contribution in [3.63, 3.8) is 0 Å². The van der Waals surface area contributed by atoms with Crippen LogP contribution in [-0.2, 0) is 0 Å². The molecule has 1 atom stereocenters. The minimum atomic E-state index is 0.351. The van der Waals surface area contributed by atoms with Gasteiger partial charge in [0.2, 0.25) is 0 Å². The van der Waals surface area contributed by atoms with Gasteiger partial charge < -0.3 is 9.73 Å². The first-order valence-electron chi connectivity index (χ1n) is 6.23. The summed E-state index contributed by atoms with van der Waals surface area (Å²) in [4.78, 5) is 0. The average molecular weight is 242 g/mol. The van der Waals surface area contributed by atoms with Gasteiger partial charge in [0.05, 0.1) is 6.26 Å². The van der Waals surface area contributed by atoms with E-state index in [0.29, 0.717) is 17.2 Å². The first kappa shape index (κ1) is 12.0. The summed E-state index contributed by atoms with van der Waals surface area (Å²) in [5.41, 5.74) is 1.12. The van der Waals surface area contributed by atoms with Crippen molar-refractivity contribution in [2.24, 2.45) is 5.92 Å². The molecule has 2 rings (SSSR count). The van der Waals surface area contributed by atoms with Crippen LogP contribution < -0.4 is 5.32 Å². The number of nitrogens with one attached hydrogen (secondary N) is 1. The molecule has 0 bridgehead atoms. The molecule has 1 aromatic rings. The monoisotopic (exact) mass is 241 g/mol. The summed E-state index contributed by atoms with van der Waals surface area (Å²) < 4.78 is 5.19. The van der Waals surface area contributed by atoms with Crippen LogP contribution in [0.1, 0.15) is 50.1 Å². The third-order valence-corrected chi connectivity index (χ3v) is 3.97. The second-order valence-corrected chi connectivity index (χ2v) is 5.01. The molecular weight excluding hydrogens is 222 g/mol. The number of rotatable bonds is 3. The fraction of sp³-hybridized carbons (Fsp3) is 0.692. The smallest absolute Gasteiger partial charge is 0.197 e. The van der Waals surface area contributed by atoms with Crippen molar-refractivity contribution < 1.29 is 4.42 Å². The maximum Gasteiger partial charge on any atom is 0.197 e. The largest absolute Gasteiger partial charge is 0.453 e. The van der Waals surface area contributed by atoms with Crippen molar-refractivity contribution in [3.05, 3.63) is 23.1 Å². The van der Waals surface area contributed by atoms with Crippen LogP contribution in [0, 0.1) is 5.92 Å². The van der Waals surface area contributed by atoms with Gasteiger partial charge in [0.15, 0.2) is 5.22 Å². The van der Waals surface area contributed by atoms with Crippen molar-refractivity contribution in [1.82, 2.24) is 5.32 Å². The van der Waals surface area contributed by atoms with E-state index in [-0.39, 0.29) is 0 Å². The molecule has 0 spiro atoms. The molecule has 0 aromatic carbocycles. The molecule has 0 amide bonds. The zero-order chi connectivity index (χ0) is 11.4. The highest BCUT2D eigenvalue weighted by atomic mass is 35.5. The normalized spacial score (nSPS) is 20.6. The summed E-state index contributed by atoms with van der Waals surface area (Å²) in [7, 11) is 2.01. The molecule has 0 radical (unpaired) electrons. The van der Waals surface area contributed by atoms with Gasteiger partial charge in [0.1, 0.15) is 0 Å². The minimum absolute atomic E-state index is 0.351. The molecule has 3 heteroatoms. The lowest BCUT2D eigenvalue weighted by Crippen LogP contribution is -2.24. The Morgan fingerprint density at radius 1 is 1.31 bits per heavy atom. The first-order valence-corrected chi connectivity index (χ1v) is 6.61. The fourth-order valence-electron chi connectivity index (χ4n) is 2.82. The molecule has 0 aliphatic heterocycles. The second kappa shape index (κ2) is 5.74. The SMILES string of the molecule is CNC(c1ccoc1Cl)C1CCCCCC1. The number of hydrogen-bond acceptors (Lipinski definition) is 2.